The Morgan fingerprint density at radius 1 is 0.381 bits per heavy atom. The predicted octanol–water partition coefficient (Wildman–Crippen LogP) is 7.14. The normalized spacial score (nSPS) is 22.7. The lowest BCUT2D eigenvalue weighted by Gasteiger charge is -2.36. The van der Waals surface area contributed by atoms with E-state index < -0.39 is 0 Å². The number of hydrogen-bond donors (Lipinski definition) is 0. The summed E-state index contributed by atoms with van der Waals surface area (Å²) in [4.78, 5) is 0. The van der Waals surface area contributed by atoms with Gasteiger partial charge in [0.1, 0.15) is 0 Å². The fourth-order valence-corrected chi connectivity index (χ4v) is 3.75. The van der Waals surface area contributed by atoms with Gasteiger partial charge in [-0.25, -0.2) is 0 Å². The molecule has 0 aromatic carbocycles. The molecule has 0 rings (SSSR count). The number of hydrogen-bond acceptors (Lipinski definition) is 0. The Labute approximate surface area is 136 Å². The molecule has 7 atom stereocenters. The van der Waals surface area contributed by atoms with Gasteiger partial charge in [-0.15, -0.1) is 0 Å². The highest BCUT2D eigenvalue weighted by atomic mass is 14.3. The minimum absolute atomic E-state index is 0.798. The number of rotatable bonds is 9. The Morgan fingerprint density at radius 2 is 0.667 bits per heavy atom. The lowest BCUT2D eigenvalue weighted by Crippen LogP contribution is -2.28. The van der Waals surface area contributed by atoms with Gasteiger partial charge in [0.2, 0.25) is 0 Å². The van der Waals surface area contributed by atoms with E-state index in [0.29, 0.717) is 0 Å². The zero-order valence-electron chi connectivity index (χ0n) is 16.9. The second-order valence-corrected chi connectivity index (χ2v) is 8.97. The molecule has 0 aliphatic carbocycles. The molecule has 0 aliphatic rings. The van der Waals surface area contributed by atoms with Gasteiger partial charge >= 0.3 is 0 Å². The minimum Gasteiger partial charge on any atom is -0.0625 e. The molecule has 7 unspecified atom stereocenters. The smallest absolute Gasteiger partial charge is 0.0386 e. The summed E-state index contributed by atoms with van der Waals surface area (Å²) < 4.78 is 0. The first kappa shape index (κ1) is 21.0. The molecule has 0 N–H and O–H groups in total. The van der Waals surface area contributed by atoms with E-state index in [9.17, 15) is 0 Å². The van der Waals surface area contributed by atoms with Crippen molar-refractivity contribution in [2.24, 2.45) is 53.3 Å². The average molecular weight is 297 g/mol. The van der Waals surface area contributed by atoms with E-state index in [4.69, 9.17) is 0 Å². The molecule has 21 heavy (non-hydrogen) atoms. The largest absolute Gasteiger partial charge is 0.0625 e. The molecule has 0 radical (unpaired) electrons. The highest BCUT2D eigenvalue weighted by molar-refractivity contribution is 4.78. The van der Waals surface area contributed by atoms with E-state index in [1.807, 2.05) is 0 Å². The average Bonchev–Trinajstić information content (AvgIpc) is 2.42. The first-order valence-electron chi connectivity index (χ1n) is 9.50. The Kier molecular flexibility index (Phi) is 9.21. The first-order chi connectivity index (χ1) is 9.50. The van der Waals surface area contributed by atoms with Crippen molar-refractivity contribution in [2.45, 2.75) is 82.6 Å². The van der Waals surface area contributed by atoms with E-state index in [0.717, 1.165) is 53.3 Å². The zero-order chi connectivity index (χ0) is 16.9. The molecule has 0 nitrogen and oxygen atoms in total. The molecule has 0 amide bonds. The van der Waals surface area contributed by atoms with E-state index in [2.05, 4.69) is 76.2 Å². The van der Waals surface area contributed by atoms with E-state index in [-0.39, 0.29) is 0 Å². The summed E-state index contributed by atoms with van der Waals surface area (Å²) in [6.45, 7) is 26.7. The van der Waals surface area contributed by atoms with Crippen molar-refractivity contribution >= 4 is 0 Å². The van der Waals surface area contributed by atoms with Crippen molar-refractivity contribution in [1.29, 1.82) is 0 Å². The Bertz CT molecular complexity index is 265. The van der Waals surface area contributed by atoms with Gasteiger partial charge in [-0.1, -0.05) is 76.2 Å². The maximum Gasteiger partial charge on any atom is -0.0386 e. The molecule has 0 heteroatoms. The van der Waals surface area contributed by atoms with E-state index in [1.165, 1.54) is 6.42 Å². The van der Waals surface area contributed by atoms with Crippen LogP contribution in [0, 0.1) is 53.3 Å². The molecule has 0 heterocycles. The lowest BCUT2D eigenvalue weighted by atomic mass is 9.70. The molecular weight excluding hydrogens is 252 g/mol. The summed E-state index contributed by atoms with van der Waals surface area (Å²) in [7, 11) is 0. The summed E-state index contributed by atoms with van der Waals surface area (Å²) in [6, 6.07) is 0. The highest BCUT2D eigenvalue weighted by Gasteiger charge is 2.29. The summed E-state index contributed by atoms with van der Waals surface area (Å²) in [5.41, 5.74) is 0. The van der Waals surface area contributed by atoms with Crippen LogP contribution in [0.2, 0.25) is 0 Å². The maximum atomic E-state index is 2.48. The third-order valence-corrected chi connectivity index (χ3v) is 7.13. The van der Waals surface area contributed by atoms with Gasteiger partial charge in [0.25, 0.3) is 0 Å². The molecule has 0 spiro atoms. The van der Waals surface area contributed by atoms with Gasteiger partial charge in [-0.2, -0.15) is 0 Å². The standard InChI is InChI=1S/C21H44/c1-13(2)17(7)19(9)15(5)12-16(6)20(10)21(11)18(8)14(3)4/h13-21H,12H2,1-11H3. The minimum atomic E-state index is 0.798. The summed E-state index contributed by atoms with van der Waals surface area (Å²) >= 11 is 0. The molecule has 0 aliphatic heterocycles. The van der Waals surface area contributed by atoms with Crippen LogP contribution in [-0.4, -0.2) is 0 Å². The molecule has 0 saturated carbocycles. The van der Waals surface area contributed by atoms with Crippen molar-refractivity contribution in [3.05, 3.63) is 0 Å². The van der Waals surface area contributed by atoms with Gasteiger partial charge in [0.05, 0.1) is 0 Å². The van der Waals surface area contributed by atoms with Crippen LogP contribution in [0.25, 0.3) is 0 Å². The van der Waals surface area contributed by atoms with Crippen molar-refractivity contribution < 1.29 is 0 Å². The zero-order valence-corrected chi connectivity index (χ0v) is 16.9. The fraction of sp³-hybridized carbons (Fsp3) is 1.00. The van der Waals surface area contributed by atoms with Crippen molar-refractivity contribution in [3.63, 3.8) is 0 Å². The molecule has 0 saturated heterocycles. The Morgan fingerprint density at radius 3 is 1.00 bits per heavy atom. The van der Waals surface area contributed by atoms with Crippen LogP contribution in [-0.2, 0) is 0 Å². The van der Waals surface area contributed by atoms with E-state index >= 15 is 0 Å². The van der Waals surface area contributed by atoms with Crippen LogP contribution in [0.5, 0.6) is 0 Å². The Balaban J connectivity index is 4.56. The van der Waals surface area contributed by atoms with E-state index in [1.54, 1.807) is 0 Å². The molecule has 0 bridgehead atoms. The van der Waals surface area contributed by atoms with Crippen LogP contribution >= 0.6 is 0 Å². The topological polar surface area (TPSA) is 0 Å². The molecule has 0 aromatic heterocycles. The second-order valence-electron chi connectivity index (χ2n) is 8.97. The summed E-state index contributed by atoms with van der Waals surface area (Å²) in [5.74, 6) is 7.40. The van der Waals surface area contributed by atoms with Gasteiger partial charge < -0.3 is 0 Å². The molecule has 0 fully saturated rings. The van der Waals surface area contributed by atoms with Crippen LogP contribution in [0.15, 0.2) is 0 Å². The van der Waals surface area contributed by atoms with Crippen LogP contribution < -0.4 is 0 Å². The first-order valence-corrected chi connectivity index (χ1v) is 9.50. The predicted molar refractivity (Wildman–Crippen MR) is 98.4 cm³/mol. The fourth-order valence-electron chi connectivity index (χ4n) is 3.75. The molecular formula is C21H44. The summed E-state index contributed by atoms with van der Waals surface area (Å²) in [6.07, 6.45) is 1.38. The van der Waals surface area contributed by atoms with Gasteiger partial charge in [0.15, 0.2) is 0 Å². The van der Waals surface area contributed by atoms with Gasteiger partial charge in [0, 0.05) is 0 Å². The van der Waals surface area contributed by atoms with Crippen LogP contribution in [0.3, 0.4) is 0 Å². The van der Waals surface area contributed by atoms with Crippen molar-refractivity contribution in [3.8, 4) is 0 Å². The lowest BCUT2D eigenvalue weighted by molar-refractivity contribution is 0.135. The maximum absolute atomic E-state index is 2.48. The highest BCUT2D eigenvalue weighted by Crippen LogP contribution is 2.36. The SMILES string of the molecule is CC(C)C(C)C(C)C(C)CC(C)C(C)C(C)C(C)C(C)C. The van der Waals surface area contributed by atoms with Crippen LogP contribution in [0.4, 0.5) is 0 Å². The molecule has 128 valence electrons. The van der Waals surface area contributed by atoms with Gasteiger partial charge in [-0.3, -0.25) is 0 Å². The molecule has 0 aromatic rings. The Hall–Kier alpha value is 0. The monoisotopic (exact) mass is 296 g/mol. The third-order valence-electron chi connectivity index (χ3n) is 7.13. The van der Waals surface area contributed by atoms with Crippen molar-refractivity contribution in [1.82, 2.24) is 0 Å². The quantitative estimate of drug-likeness (QED) is 0.424. The van der Waals surface area contributed by atoms with Crippen LogP contribution in [0.1, 0.15) is 82.6 Å². The second kappa shape index (κ2) is 9.21. The third kappa shape index (κ3) is 6.33. The summed E-state index contributed by atoms with van der Waals surface area (Å²) in [5, 5.41) is 0. The van der Waals surface area contributed by atoms with Gasteiger partial charge in [-0.05, 0) is 59.7 Å². The van der Waals surface area contributed by atoms with Crippen molar-refractivity contribution in [2.75, 3.05) is 0 Å².